The highest BCUT2D eigenvalue weighted by molar-refractivity contribution is 5.39. The van der Waals surface area contributed by atoms with Gasteiger partial charge in [-0.1, -0.05) is 13.3 Å². The molecule has 3 aromatic rings. The van der Waals surface area contributed by atoms with Crippen molar-refractivity contribution in [3.05, 3.63) is 71.0 Å². The van der Waals surface area contributed by atoms with E-state index in [9.17, 15) is 4.79 Å². The molecule has 0 fully saturated rings. The van der Waals surface area contributed by atoms with Crippen LogP contribution in [0.2, 0.25) is 0 Å². The summed E-state index contributed by atoms with van der Waals surface area (Å²) < 4.78 is 23.8. The first-order valence-electron chi connectivity index (χ1n) is 9.51. The predicted octanol–water partition coefficient (Wildman–Crippen LogP) is 5.25. The van der Waals surface area contributed by atoms with E-state index in [0.29, 0.717) is 29.7 Å². The van der Waals surface area contributed by atoms with Crippen LogP contribution in [-0.4, -0.2) is 18.8 Å². The van der Waals surface area contributed by atoms with Crippen molar-refractivity contribution in [1.82, 2.24) is 4.57 Å². The lowest BCUT2D eigenvalue weighted by Crippen LogP contribution is -2.20. The second-order valence-electron chi connectivity index (χ2n) is 6.43. The third-order valence-electron chi connectivity index (χ3n) is 4.38. The van der Waals surface area contributed by atoms with Crippen LogP contribution in [0.1, 0.15) is 19.8 Å². The first-order valence-corrected chi connectivity index (χ1v) is 9.51. The Morgan fingerprint density at radius 3 is 1.76 bits per heavy atom. The van der Waals surface area contributed by atoms with E-state index in [4.69, 9.17) is 18.9 Å². The Labute approximate surface area is 170 Å². The highest BCUT2D eigenvalue weighted by atomic mass is 16.5. The van der Waals surface area contributed by atoms with Crippen LogP contribution in [0.4, 0.5) is 0 Å². The topological polar surface area (TPSA) is 58.9 Å². The zero-order valence-corrected chi connectivity index (χ0v) is 16.9. The number of methoxy groups -OCH3 is 2. The van der Waals surface area contributed by atoms with Crippen LogP contribution in [-0.2, 0) is 6.54 Å². The van der Waals surface area contributed by atoms with Crippen LogP contribution in [0, 0.1) is 0 Å². The smallest absolute Gasteiger partial charge is 0.257 e. The molecule has 1 aromatic heterocycles. The van der Waals surface area contributed by atoms with Crippen LogP contribution in [0.5, 0.6) is 34.6 Å². The van der Waals surface area contributed by atoms with Crippen molar-refractivity contribution >= 4 is 0 Å². The summed E-state index contributed by atoms with van der Waals surface area (Å²) in [6.45, 7) is 2.65. The Balaban J connectivity index is 1.90. The number of aromatic nitrogens is 1. The average molecular weight is 395 g/mol. The van der Waals surface area contributed by atoms with E-state index in [0.717, 1.165) is 24.3 Å². The van der Waals surface area contributed by atoms with Crippen LogP contribution in [0.25, 0.3) is 0 Å². The van der Waals surface area contributed by atoms with Gasteiger partial charge in [-0.05, 0) is 55.0 Å². The maximum absolute atomic E-state index is 12.7. The lowest BCUT2D eigenvalue weighted by molar-refractivity contribution is 0.397. The summed E-state index contributed by atoms with van der Waals surface area (Å²) in [6, 6.07) is 17.6. The van der Waals surface area contributed by atoms with Crippen molar-refractivity contribution in [2.75, 3.05) is 14.2 Å². The van der Waals surface area contributed by atoms with Gasteiger partial charge in [0.25, 0.3) is 5.56 Å². The van der Waals surface area contributed by atoms with Gasteiger partial charge in [-0.3, -0.25) is 9.36 Å². The lowest BCUT2D eigenvalue weighted by Gasteiger charge is -2.15. The predicted molar refractivity (Wildman–Crippen MR) is 112 cm³/mol. The zero-order chi connectivity index (χ0) is 20.6. The molecule has 6 heteroatoms. The summed E-state index contributed by atoms with van der Waals surface area (Å²) >= 11 is 0. The van der Waals surface area contributed by atoms with Crippen LogP contribution in [0.3, 0.4) is 0 Å². The van der Waals surface area contributed by atoms with E-state index in [2.05, 4.69) is 6.92 Å². The summed E-state index contributed by atoms with van der Waals surface area (Å²) in [5.41, 5.74) is -0.173. The van der Waals surface area contributed by atoms with Crippen LogP contribution >= 0.6 is 0 Å². The summed E-state index contributed by atoms with van der Waals surface area (Å²) in [4.78, 5) is 12.7. The molecule has 0 saturated heterocycles. The van der Waals surface area contributed by atoms with Crippen molar-refractivity contribution in [2.24, 2.45) is 0 Å². The molecule has 3 rings (SSSR count). The summed E-state index contributed by atoms with van der Waals surface area (Å²) in [6.07, 6.45) is 1.84. The number of ether oxygens (including phenoxy) is 4. The van der Waals surface area contributed by atoms with E-state index < -0.39 is 0 Å². The number of nitrogens with zero attached hydrogens (tertiary/aromatic N) is 1. The molecule has 6 nitrogen and oxygen atoms in total. The molecule has 2 aromatic carbocycles. The van der Waals surface area contributed by atoms with Gasteiger partial charge in [0.1, 0.15) is 28.7 Å². The number of hydrogen-bond donors (Lipinski definition) is 0. The Bertz CT molecular complexity index is 978. The molecule has 0 radical (unpaired) electrons. The van der Waals surface area contributed by atoms with Crippen LogP contribution < -0.4 is 24.5 Å². The van der Waals surface area contributed by atoms with Gasteiger partial charge in [0, 0.05) is 18.7 Å². The highest BCUT2D eigenvalue weighted by Gasteiger charge is 2.11. The van der Waals surface area contributed by atoms with E-state index in [-0.39, 0.29) is 5.56 Å². The summed E-state index contributed by atoms with van der Waals surface area (Å²) in [7, 11) is 3.22. The molecule has 0 atom stereocenters. The van der Waals surface area contributed by atoms with Crippen LogP contribution in [0.15, 0.2) is 65.5 Å². The molecule has 0 aliphatic rings. The van der Waals surface area contributed by atoms with Gasteiger partial charge in [-0.2, -0.15) is 0 Å². The number of hydrogen-bond acceptors (Lipinski definition) is 5. The minimum atomic E-state index is -0.173. The SMILES string of the molecule is CCCCn1c(Oc2ccc(OC)cc2)cc(Oc2ccc(OC)cc2)cc1=O. The lowest BCUT2D eigenvalue weighted by atomic mass is 10.3. The Morgan fingerprint density at radius 2 is 1.24 bits per heavy atom. The normalized spacial score (nSPS) is 10.4. The van der Waals surface area contributed by atoms with Crippen molar-refractivity contribution < 1.29 is 18.9 Å². The van der Waals surface area contributed by atoms with Gasteiger partial charge < -0.3 is 18.9 Å². The molecule has 1 heterocycles. The van der Waals surface area contributed by atoms with E-state index in [1.54, 1.807) is 61.3 Å². The fourth-order valence-corrected chi connectivity index (χ4v) is 2.77. The van der Waals surface area contributed by atoms with Gasteiger partial charge in [0.05, 0.1) is 14.2 Å². The van der Waals surface area contributed by atoms with Gasteiger partial charge >= 0.3 is 0 Å². The molecule has 0 aliphatic carbocycles. The van der Waals surface area contributed by atoms with Crippen molar-refractivity contribution in [1.29, 1.82) is 0 Å². The molecule has 0 unspecified atom stereocenters. The number of benzene rings is 2. The minimum absolute atomic E-state index is 0.173. The molecule has 0 N–H and O–H groups in total. The largest absolute Gasteiger partial charge is 0.497 e. The monoisotopic (exact) mass is 395 g/mol. The van der Waals surface area contributed by atoms with E-state index in [1.807, 2.05) is 12.1 Å². The molecule has 152 valence electrons. The Morgan fingerprint density at radius 1 is 0.724 bits per heavy atom. The Hall–Kier alpha value is -3.41. The highest BCUT2D eigenvalue weighted by Crippen LogP contribution is 2.29. The minimum Gasteiger partial charge on any atom is -0.497 e. The number of rotatable bonds is 9. The first-order chi connectivity index (χ1) is 14.1. The van der Waals surface area contributed by atoms with Crippen molar-refractivity contribution in [3.8, 4) is 34.6 Å². The summed E-state index contributed by atoms with van der Waals surface area (Å²) in [5, 5.41) is 0. The zero-order valence-electron chi connectivity index (χ0n) is 16.9. The molecule has 0 aliphatic heterocycles. The quantitative estimate of drug-likeness (QED) is 0.495. The average Bonchev–Trinajstić information content (AvgIpc) is 2.74. The Kier molecular flexibility index (Phi) is 6.79. The fraction of sp³-hybridized carbons (Fsp3) is 0.261. The van der Waals surface area contributed by atoms with Gasteiger partial charge in [-0.15, -0.1) is 0 Å². The van der Waals surface area contributed by atoms with Gasteiger partial charge in [0.15, 0.2) is 0 Å². The second kappa shape index (κ2) is 9.68. The van der Waals surface area contributed by atoms with Crippen molar-refractivity contribution in [3.63, 3.8) is 0 Å². The molecular formula is C23H25NO5. The third-order valence-corrected chi connectivity index (χ3v) is 4.38. The summed E-state index contributed by atoms with van der Waals surface area (Å²) in [5.74, 6) is 3.52. The second-order valence-corrected chi connectivity index (χ2v) is 6.43. The maximum Gasteiger partial charge on any atom is 0.257 e. The maximum atomic E-state index is 12.7. The first kappa shape index (κ1) is 20.3. The number of unbranched alkanes of at least 4 members (excludes halogenated alkanes) is 1. The fourth-order valence-electron chi connectivity index (χ4n) is 2.77. The van der Waals surface area contributed by atoms with E-state index >= 15 is 0 Å². The van der Waals surface area contributed by atoms with Gasteiger partial charge in [-0.25, -0.2) is 0 Å². The molecule has 0 saturated carbocycles. The molecule has 29 heavy (non-hydrogen) atoms. The third kappa shape index (κ3) is 5.31. The molecule has 0 amide bonds. The molecule has 0 spiro atoms. The number of pyridine rings is 1. The van der Waals surface area contributed by atoms with Gasteiger partial charge in [0.2, 0.25) is 5.88 Å². The standard InChI is InChI=1S/C23H25NO5/c1-4-5-14-24-22(25)15-21(28-19-10-6-17(26-2)7-11-19)16-23(24)29-20-12-8-18(27-3)9-13-20/h6-13,15-16H,4-5,14H2,1-3H3. The molecule has 0 bridgehead atoms. The van der Waals surface area contributed by atoms with Crippen molar-refractivity contribution in [2.45, 2.75) is 26.3 Å². The van der Waals surface area contributed by atoms with E-state index in [1.165, 1.54) is 6.07 Å². The molecular weight excluding hydrogens is 370 g/mol.